The van der Waals surface area contributed by atoms with Gasteiger partial charge in [0.1, 0.15) is 11.5 Å². The topological polar surface area (TPSA) is 64.4 Å². The molecule has 2 rings (SSSR count). The maximum absolute atomic E-state index is 12.2. The molecule has 0 spiro atoms. The summed E-state index contributed by atoms with van der Waals surface area (Å²) in [5.74, 6) is 0.984. The zero-order chi connectivity index (χ0) is 15.4. The molecule has 1 N–H and O–H groups in total. The Labute approximate surface area is 132 Å². The highest BCUT2D eigenvalue weighted by Crippen LogP contribution is 2.29. The largest absolute Gasteiger partial charge is 0.479 e. The van der Waals surface area contributed by atoms with E-state index in [0.717, 1.165) is 0 Å². The Kier molecular flexibility index (Phi) is 5.09. The number of benzene rings is 1. The average Bonchev–Trinajstić information content (AvgIpc) is 2.84. The average molecular weight is 329 g/mol. The van der Waals surface area contributed by atoms with Crippen LogP contribution in [0.2, 0.25) is 10.0 Å². The second kappa shape index (κ2) is 6.83. The van der Waals surface area contributed by atoms with Crippen LogP contribution in [0.25, 0.3) is 0 Å². The van der Waals surface area contributed by atoms with Crippen molar-refractivity contribution in [2.75, 3.05) is 5.32 Å². The van der Waals surface area contributed by atoms with Gasteiger partial charge in [0.15, 0.2) is 11.9 Å². The molecule has 112 valence electrons. The van der Waals surface area contributed by atoms with Gasteiger partial charge in [-0.3, -0.25) is 4.79 Å². The first kappa shape index (κ1) is 15.7. The zero-order valence-corrected chi connectivity index (χ0v) is 13.0. The summed E-state index contributed by atoms with van der Waals surface area (Å²) in [5, 5.41) is 7.20. The highest BCUT2D eigenvalue weighted by Gasteiger charge is 2.21. The normalized spacial score (nSPS) is 12.0. The molecule has 0 saturated carbocycles. The molecule has 0 saturated heterocycles. The standard InChI is InChI=1S/C14H14Cl2N2O3/c1-3-11(14(19)17-13-6-8(2)21-18-13)20-12-7-9(15)4-5-10(12)16/h4-7,11H,3H2,1-2H3,(H,17,18,19)/t11-/m0/s1. The number of aryl methyl sites for hydroxylation is 1. The van der Waals surface area contributed by atoms with Gasteiger partial charge in [-0.1, -0.05) is 35.3 Å². The van der Waals surface area contributed by atoms with Gasteiger partial charge in [-0.05, 0) is 25.5 Å². The van der Waals surface area contributed by atoms with Crippen LogP contribution in [0.3, 0.4) is 0 Å². The van der Waals surface area contributed by atoms with Crippen molar-refractivity contribution in [3.05, 3.63) is 40.1 Å². The first-order valence-electron chi connectivity index (χ1n) is 6.35. The molecule has 0 unspecified atom stereocenters. The van der Waals surface area contributed by atoms with Crippen molar-refractivity contribution < 1.29 is 14.1 Å². The summed E-state index contributed by atoms with van der Waals surface area (Å²) in [6.45, 7) is 3.57. The van der Waals surface area contributed by atoms with Crippen molar-refractivity contribution in [3.8, 4) is 5.75 Å². The molecule has 1 atom stereocenters. The Morgan fingerprint density at radius 2 is 2.19 bits per heavy atom. The molecule has 0 aliphatic rings. The highest BCUT2D eigenvalue weighted by atomic mass is 35.5. The van der Waals surface area contributed by atoms with Crippen LogP contribution >= 0.6 is 23.2 Å². The molecule has 1 aromatic heterocycles. The number of amides is 1. The van der Waals surface area contributed by atoms with Crippen LogP contribution in [-0.2, 0) is 4.79 Å². The minimum atomic E-state index is -0.710. The number of ether oxygens (including phenoxy) is 1. The quantitative estimate of drug-likeness (QED) is 0.897. The zero-order valence-electron chi connectivity index (χ0n) is 11.5. The van der Waals surface area contributed by atoms with E-state index in [1.165, 1.54) is 0 Å². The third kappa shape index (κ3) is 4.12. The number of anilines is 1. The SMILES string of the molecule is CC[C@H](Oc1cc(Cl)ccc1Cl)C(=O)Nc1cc(C)on1. The van der Waals surface area contributed by atoms with Crippen LogP contribution in [0.5, 0.6) is 5.75 Å². The van der Waals surface area contributed by atoms with Crippen molar-refractivity contribution in [2.45, 2.75) is 26.4 Å². The third-order valence-electron chi connectivity index (χ3n) is 2.70. The lowest BCUT2D eigenvalue weighted by molar-refractivity contribution is -0.122. The molecule has 0 fully saturated rings. The van der Waals surface area contributed by atoms with E-state index in [2.05, 4.69) is 10.5 Å². The van der Waals surface area contributed by atoms with Gasteiger partial charge in [-0.2, -0.15) is 0 Å². The Morgan fingerprint density at radius 1 is 1.43 bits per heavy atom. The number of hydrogen-bond donors (Lipinski definition) is 1. The van der Waals surface area contributed by atoms with Crippen LogP contribution in [0, 0.1) is 6.92 Å². The summed E-state index contributed by atoms with van der Waals surface area (Å²) < 4.78 is 10.5. The van der Waals surface area contributed by atoms with Gasteiger partial charge in [0.25, 0.3) is 5.91 Å². The molecule has 21 heavy (non-hydrogen) atoms. The second-order valence-electron chi connectivity index (χ2n) is 4.40. The fraction of sp³-hybridized carbons (Fsp3) is 0.286. The van der Waals surface area contributed by atoms with Crippen molar-refractivity contribution in [2.24, 2.45) is 0 Å². The summed E-state index contributed by atoms with van der Waals surface area (Å²) in [5.41, 5.74) is 0. The van der Waals surface area contributed by atoms with Gasteiger partial charge in [-0.25, -0.2) is 0 Å². The third-order valence-corrected chi connectivity index (χ3v) is 3.25. The number of nitrogens with one attached hydrogen (secondary N) is 1. The monoisotopic (exact) mass is 328 g/mol. The van der Waals surface area contributed by atoms with Crippen LogP contribution in [0.1, 0.15) is 19.1 Å². The molecule has 0 radical (unpaired) electrons. The molecular formula is C14H14Cl2N2O3. The molecule has 2 aromatic rings. The number of carbonyl (C=O) groups is 1. The van der Waals surface area contributed by atoms with Crippen molar-refractivity contribution in [3.63, 3.8) is 0 Å². The van der Waals surface area contributed by atoms with Crippen LogP contribution < -0.4 is 10.1 Å². The van der Waals surface area contributed by atoms with Crippen molar-refractivity contribution in [1.82, 2.24) is 5.16 Å². The fourth-order valence-corrected chi connectivity index (χ4v) is 2.00. The molecule has 1 aromatic carbocycles. The van der Waals surface area contributed by atoms with Gasteiger partial charge < -0.3 is 14.6 Å². The smallest absolute Gasteiger partial charge is 0.266 e. The van der Waals surface area contributed by atoms with E-state index in [4.69, 9.17) is 32.5 Å². The Hall–Kier alpha value is -1.72. The molecule has 1 heterocycles. The maximum Gasteiger partial charge on any atom is 0.266 e. The number of halogens is 2. The van der Waals surface area contributed by atoms with E-state index in [-0.39, 0.29) is 5.91 Å². The first-order valence-corrected chi connectivity index (χ1v) is 7.11. The lowest BCUT2D eigenvalue weighted by Crippen LogP contribution is -2.32. The van der Waals surface area contributed by atoms with Gasteiger partial charge in [0, 0.05) is 17.2 Å². The van der Waals surface area contributed by atoms with E-state index in [1.807, 2.05) is 6.92 Å². The van der Waals surface area contributed by atoms with Crippen LogP contribution in [0.15, 0.2) is 28.8 Å². The molecule has 7 heteroatoms. The lowest BCUT2D eigenvalue weighted by Gasteiger charge is -2.17. The lowest BCUT2D eigenvalue weighted by atomic mass is 10.2. The van der Waals surface area contributed by atoms with Crippen molar-refractivity contribution >= 4 is 34.9 Å². The van der Waals surface area contributed by atoms with Gasteiger partial charge in [0.2, 0.25) is 0 Å². The van der Waals surface area contributed by atoms with Gasteiger partial charge >= 0.3 is 0 Å². The number of aromatic nitrogens is 1. The predicted molar refractivity (Wildman–Crippen MR) is 81.0 cm³/mol. The van der Waals surface area contributed by atoms with E-state index in [9.17, 15) is 4.79 Å². The van der Waals surface area contributed by atoms with E-state index >= 15 is 0 Å². The molecule has 0 aliphatic carbocycles. The fourth-order valence-electron chi connectivity index (χ4n) is 1.68. The number of nitrogens with zero attached hydrogens (tertiary/aromatic N) is 1. The summed E-state index contributed by atoms with van der Waals surface area (Å²) in [7, 11) is 0. The van der Waals surface area contributed by atoms with Crippen LogP contribution in [0.4, 0.5) is 5.82 Å². The Bertz CT molecular complexity index is 643. The number of rotatable bonds is 5. The van der Waals surface area contributed by atoms with Crippen LogP contribution in [-0.4, -0.2) is 17.2 Å². The maximum atomic E-state index is 12.2. The molecule has 0 bridgehead atoms. The molecule has 5 nitrogen and oxygen atoms in total. The van der Waals surface area contributed by atoms with Gasteiger partial charge in [-0.15, -0.1) is 0 Å². The number of hydrogen-bond acceptors (Lipinski definition) is 4. The van der Waals surface area contributed by atoms with E-state index in [0.29, 0.717) is 33.8 Å². The van der Waals surface area contributed by atoms with Crippen molar-refractivity contribution in [1.29, 1.82) is 0 Å². The minimum Gasteiger partial charge on any atom is -0.479 e. The Morgan fingerprint density at radius 3 is 2.81 bits per heavy atom. The van der Waals surface area contributed by atoms with E-state index in [1.54, 1.807) is 31.2 Å². The number of carbonyl (C=O) groups excluding carboxylic acids is 1. The first-order chi connectivity index (χ1) is 9.99. The summed E-state index contributed by atoms with van der Waals surface area (Å²) in [4.78, 5) is 12.2. The predicted octanol–water partition coefficient (Wildman–Crippen LogP) is 4.09. The summed E-state index contributed by atoms with van der Waals surface area (Å²) in [6, 6.07) is 6.46. The summed E-state index contributed by atoms with van der Waals surface area (Å²) in [6.07, 6.45) is -0.246. The minimum absolute atomic E-state index is 0.332. The molecular weight excluding hydrogens is 315 g/mol. The molecule has 0 aliphatic heterocycles. The Balaban J connectivity index is 2.08. The van der Waals surface area contributed by atoms with Gasteiger partial charge in [0.05, 0.1) is 5.02 Å². The second-order valence-corrected chi connectivity index (χ2v) is 5.25. The highest BCUT2D eigenvalue weighted by molar-refractivity contribution is 6.34. The summed E-state index contributed by atoms with van der Waals surface area (Å²) >= 11 is 11.9. The van der Waals surface area contributed by atoms with E-state index < -0.39 is 6.10 Å². The molecule has 1 amide bonds.